The highest BCUT2D eigenvalue weighted by Gasteiger charge is 2.24. The second-order valence-electron chi connectivity index (χ2n) is 6.80. The van der Waals surface area contributed by atoms with Crippen LogP contribution in [0.3, 0.4) is 0 Å². The Labute approximate surface area is 178 Å². The van der Waals surface area contributed by atoms with Gasteiger partial charge in [0, 0.05) is 23.5 Å². The molecule has 0 spiro atoms. The highest BCUT2D eigenvalue weighted by atomic mass is 32.2. The van der Waals surface area contributed by atoms with Crippen molar-refractivity contribution in [3.05, 3.63) is 97.3 Å². The van der Waals surface area contributed by atoms with E-state index in [1.165, 1.54) is 62.1 Å². The number of nitrogens with zero attached hydrogens (tertiary/aromatic N) is 2. The molecule has 0 saturated heterocycles. The average molecular weight is 439 g/mol. The van der Waals surface area contributed by atoms with Crippen molar-refractivity contribution in [2.24, 2.45) is 0 Å². The van der Waals surface area contributed by atoms with E-state index in [9.17, 15) is 17.2 Å². The number of aromatic nitrogens is 2. The van der Waals surface area contributed by atoms with E-state index in [4.69, 9.17) is 4.74 Å². The van der Waals surface area contributed by atoms with Gasteiger partial charge in [-0.3, -0.25) is 4.98 Å². The second kappa shape index (κ2) is 7.96. The predicted molar refractivity (Wildman–Crippen MR) is 113 cm³/mol. The Morgan fingerprint density at radius 3 is 2.52 bits per heavy atom. The third-order valence-corrected chi connectivity index (χ3v) is 6.35. The topological polar surface area (TPSA) is 61.2 Å². The quantitative estimate of drug-likeness (QED) is 0.443. The molecule has 0 atom stereocenters. The van der Waals surface area contributed by atoms with Gasteiger partial charge in [0.25, 0.3) is 10.0 Å². The Hall–Kier alpha value is -3.52. The molecule has 0 aliphatic rings. The molecule has 0 unspecified atom stereocenters. The summed E-state index contributed by atoms with van der Waals surface area (Å²) < 4.78 is 61.7. The van der Waals surface area contributed by atoms with Crippen molar-refractivity contribution in [2.45, 2.75) is 4.90 Å². The zero-order chi connectivity index (χ0) is 22.2. The van der Waals surface area contributed by atoms with Gasteiger partial charge in [-0.1, -0.05) is 12.1 Å². The van der Waals surface area contributed by atoms with Crippen LogP contribution in [0, 0.1) is 18.6 Å². The summed E-state index contributed by atoms with van der Waals surface area (Å²) in [4.78, 5) is 3.73. The van der Waals surface area contributed by atoms with E-state index in [0.29, 0.717) is 22.4 Å². The number of hydrogen-bond donors (Lipinski definition) is 0. The van der Waals surface area contributed by atoms with Crippen LogP contribution in [0.2, 0.25) is 0 Å². The van der Waals surface area contributed by atoms with Crippen LogP contribution in [-0.2, 0) is 10.0 Å². The molecule has 0 aliphatic heterocycles. The van der Waals surface area contributed by atoms with Crippen LogP contribution in [0.25, 0.3) is 22.4 Å². The number of ether oxygens (including phenoxy) is 1. The Morgan fingerprint density at radius 1 is 1.00 bits per heavy atom. The fourth-order valence-electron chi connectivity index (χ4n) is 3.24. The highest BCUT2D eigenvalue weighted by Crippen LogP contribution is 2.31. The van der Waals surface area contributed by atoms with Gasteiger partial charge in [0.1, 0.15) is 17.4 Å². The number of rotatable bonds is 5. The maximum Gasteiger partial charge on any atom is 0.268 e. The molecule has 31 heavy (non-hydrogen) atoms. The zero-order valence-electron chi connectivity index (χ0n) is 16.4. The third-order valence-electron chi connectivity index (χ3n) is 4.70. The van der Waals surface area contributed by atoms with Crippen LogP contribution in [0.15, 0.2) is 78.1 Å². The molecular formula is C23H17F2N2O3S. The number of methoxy groups -OCH3 is 1. The minimum absolute atomic E-state index is 0.0922. The van der Waals surface area contributed by atoms with Crippen LogP contribution in [0.5, 0.6) is 5.75 Å². The van der Waals surface area contributed by atoms with Crippen molar-refractivity contribution in [1.82, 2.24) is 8.96 Å². The van der Waals surface area contributed by atoms with Gasteiger partial charge in [0.2, 0.25) is 0 Å². The van der Waals surface area contributed by atoms with Crippen LogP contribution >= 0.6 is 0 Å². The first-order valence-electron chi connectivity index (χ1n) is 9.14. The Bertz CT molecular complexity index is 1380. The Balaban J connectivity index is 1.88. The van der Waals surface area contributed by atoms with E-state index >= 15 is 0 Å². The average Bonchev–Trinajstić information content (AvgIpc) is 3.16. The Morgan fingerprint density at radius 2 is 1.77 bits per heavy atom. The summed E-state index contributed by atoms with van der Waals surface area (Å²) >= 11 is 0. The number of pyridine rings is 1. The van der Waals surface area contributed by atoms with Gasteiger partial charge >= 0.3 is 0 Å². The van der Waals surface area contributed by atoms with Gasteiger partial charge in [-0.2, -0.15) is 0 Å². The van der Waals surface area contributed by atoms with Gasteiger partial charge in [0.15, 0.2) is 0 Å². The van der Waals surface area contributed by atoms with Crippen molar-refractivity contribution >= 4 is 10.0 Å². The maximum atomic E-state index is 14.4. The molecule has 2 aromatic carbocycles. The molecule has 5 nitrogen and oxygen atoms in total. The lowest BCUT2D eigenvalue weighted by molar-refractivity contribution is 0.413. The smallest absolute Gasteiger partial charge is 0.268 e. The predicted octanol–water partition coefficient (Wildman–Crippen LogP) is 4.92. The molecule has 0 fully saturated rings. The summed E-state index contributed by atoms with van der Waals surface area (Å²) in [5.41, 5.74) is 1.34. The second-order valence-corrected chi connectivity index (χ2v) is 8.62. The summed E-state index contributed by atoms with van der Waals surface area (Å²) in [6.45, 7) is 3.76. The van der Waals surface area contributed by atoms with Crippen LogP contribution in [0.4, 0.5) is 8.78 Å². The molecule has 0 bridgehead atoms. The minimum Gasteiger partial charge on any atom is -0.495 e. The van der Waals surface area contributed by atoms with Crippen molar-refractivity contribution in [1.29, 1.82) is 0 Å². The fourth-order valence-corrected chi connectivity index (χ4v) is 4.69. The molecule has 0 N–H and O–H groups in total. The van der Waals surface area contributed by atoms with E-state index in [-0.39, 0.29) is 16.2 Å². The van der Waals surface area contributed by atoms with E-state index in [0.717, 1.165) is 10.0 Å². The first-order chi connectivity index (χ1) is 14.8. The van der Waals surface area contributed by atoms with Gasteiger partial charge in [-0.15, -0.1) is 0 Å². The summed E-state index contributed by atoms with van der Waals surface area (Å²) in [6.07, 6.45) is 4.23. The monoisotopic (exact) mass is 439 g/mol. The van der Waals surface area contributed by atoms with E-state index in [1.54, 1.807) is 12.1 Å². The van der Waals surface area contributed by atoms with E-state index in [2.05, 4.69) is 11.9 Å². The molecule has 0 aliphatic carbocycles. The first-order valence-corrected chi connectivity index (χ1v) is 10.6. The standard InChI is InChI=1S/C23H17F2N2O3S/c1-15-7-23(21-5-3-4-6-22(21)25)27(14-15)31(28,29)20-10-16(8-18(24)11-20)17-9-19(30-2)13-26-12-17/h3-14H,1H2,2H3. The number of benzene rings is 2. The summed E-state index contributed by atoms with van der Waals surface area (Å²) in [5.74, 6) is -0.882. The fraction of sp³-hybridized carbons (Fsp3) is 0.0435. The molecule has 8 heteroatoms. The van der Waals surface area contributed by atoms with Crippen LogP contribution < -0.4 is 4.74 Å². The van der Waals surface area contributed by atoms with E-state index < -0.39 is 21.7 Å². The van der Waals surface area contributed by atoms with Gasteiger partial charge in [0.05, 0.1) is 23.9 Å². The van der Waals surface area contributed by atoms with Crippen LogP contribution in [0.1, 0.15) is 5.56 Å². The van der Waals surface area contributed by atoms with Crippen molar-refractivity contribution in [3.8, 4) is 28.1 Å². The lowest BCUT2D eigenvalue weighted by atomic mass is 10.1. The van der Waals surface area contributed by atoms with Crippen LogP contribution in [-0.4, -0.2) is 24.5 Å². The number of hydrogen-bond acceptors (Lipinski definition) is 4. The highest BCUT2D eigenvalue weighted by molar-refractivity contribution is 7.90. The normalized spacial score (nSPS) is 11.5. The number of halogens is 2. The largest absolute Gasteiger partial charge is 0.495 e. The van der Waals surface area contributed by atoms with Gasteiger partial charge in [-0.05, 0) is 60.5 Å². The third kappa shape index (κ3) is 3.94. The summed E-state index contributed by atoms with van der Waals surface area (Å²) in [5, 5.41) is 0. The van der Waals surface area contributed by atoms with Crippen molar-refractivity contribution < 1.29 is 21.9 Å². The van der Waals surface area contributed by atoms with Gasteiger partial charge < -0.3 is 4.74 Å². The molecule has 2 aromatic heterocycles. The SMILES string of the molecule is [CH2]c1cc(-c2ccccc2F)n(S(=O)(=O)c2cc(F)cc(-c3cncc(OC)c3)c2)c1. The molecular weight excluding hydrogens is 422 g/mol. The maximum absolute atomic E-state index is 14.4. The molecule has 0 saturated carbocycles. The summed E-state index contributed by atoms with van der Waals surface area (Å²) in [7, 11) is -2.80. The lowest BCUT2D eigenvalue weighted by Crippen LogP contribution is -2.14. The van der Waals surface area contributed by atoms with Gasteiger partial charge in [-0.25, -0.2) is 21.2 Å². The lowest BCUT2D eigenvalue weighted by Gasteiger charge is -2.13. The molecule has 4 rings (SSSR count). The summed E-state index contributed by atoms with van der Waals surface area (Å²) in [6, 6.07) is 12.3. The molecule has 2 heterocycles. The Kier molecular flexibility index (Phi) is 5.32. The van der Waals surface area contributed by atoms with Crippen molar-refractivity contribution in [2.75, 3.05) is 7.11 Å². The minimum atomic E-state index is -4.26. The molecule has 157 valence electrons. The molecule has 4 aromatic rings. The molecule has 1 radical (unpaired) electrons. The first kappa shape index (κ1) is 20.7. The zero-order valence-corrected chi connectivity index (χ0v) is 17.2. The van der Waals surface area contributed by atoms with E-state index in [1.807, 2.05) is 0 Å². The molecule has 0 amide bonds. The van der Waals surface area contributed by atoms with Crippen molar-refractivity contribution in [3.63, 3.8) is 0 Å².